The zero-order valence-corrected chi connectivity index (χ0v) is 10.5. The Bertz CT molecular complexity index is 684. The Morgan fingerprint density at radius 3 is 2.63 bits per heavy atom. The van der Waals surface area contributed by atoms with Crippen LogP contribution in [-0.4, -0.2) is 16.5 Å². The van der Waals surface area contributed by atoms with Crippen molar-refractivity contribution < 1.29 is 19.4 Å². The number of carbonyl (C=O) groups is 1. The number of phenols is 2. The maximum absolute atomic E-state index is 11.5. The maximum Gasteiger partial charge on any atom is 0.336 e. The number of fused-ring (bicyclic) bond motifs is 1. The number of aldehydes is 1. The predicted octanol–water partition coefficient (Wildman–Crippen LogP) is 2.36. The van der Waals surface area contributed by atoms with Crippen molar-refractivity contribution in [2.75, 3.05) is 0 Å². The first-order valence-electron chi connectivity index (χ1n) is 6.05. The summed E-state index contributed by atoms with van der Waals surface area (Å²) in [5.74, 6) is -0.608. The van der Waals surface area contributed by atoms with Crippen LogP contribution in [0.1, 0.15) is 35.7 Å². The molecule has 2 aromatic rings. The Kier molecular flexibility index (Phi) is 3.55. The third kappa shape index (κ3) is 2.31. The number of phenolic OH excluding ortho intramolecular Hbond substituents is 2. The fraction of sp³-hybridized carbons (Fsp3) is 0.286. The molecule has 0 aliphatic heterocycles. The van der Waals surface area contributed by atoms with Crippen LogP contribution in [0.25, 0.3) is 11.0 Å². The molecule has 2 N–H and O–H groups in total. The Morgan fingerprint density at radius 2 is 2.00 bits per heavy atom. The van der Waals surface area contributed by atoms with Crippen molar-refractivity contribution in [3.05, 3.63) is 33.7 Å². The van der Waals surface area contributed by atoms with Gasteiger partial charge in [0.25, 0.3) is 0 Å². The van der Waals surface area contributed by atoms with Gasteiger partial charge in [-0.1, -0.05) is 13.3 Å². The van der Waals surface area contributed by atoms with E-state index in [0.717, 1.165) is 18.9 Å². The topological polar surface area (TPSA) is 87.7 Å². The van der Waals surface area contributed by atoms with Gasteiger partial charge in [0.05, 0.1) is 10.9 Å². The van der Waals surface area contributed by atoms with Crippen LogP contribution in [0.5, 0.6) is 11.5 Å². The average Bonchev–Trinajstić information content (AvgIpc) is 2.35. The molecule has 0 amide bonds. The van der Waals surface area contributed by atoms with E-state index in [1.54, 1.807) is 0 Å². The first-order valence-corrected chi connectivity index (χ1v) is 6.05. The number of hydrogen-bond donors (Lipinski definition) is 2. The van der Waals surface area contributed by atoms with Gasteiger partial charge in [0, 0.05) is 12.1 Å². The summed E-state index contributed by atoms with van der Waals surface area (Å²) in [5.41, 5.74) is -0.172. The molecule has 5 heteroatoms. The van der Waals surface area contributed by atoms with E-state index >= 15 is 0 Å². The molecule has 0 aliphatic carbocycles. The van der Waals surface area contributed by atoms with Crippen LogP contribution in [0.2, 0.25) is 0 Å². The molecule has 0 saturated carbocycles. The summed E-state index contributed by atoms with van der Waals surface area (Å²) < 4.78 is 4.96. The fourth-order valence-corrected chi connectivity index (χ4v) is 2.09. The molecule has 0 unspecified atom stereocenters. The minimum absolute atomic E-state index is 0.0638. The van der Waals surface area contributed by atoms with Crippen molar-refractivity contribution in [1.29, 1.82) is 0 Å². The van der Waals surface area contributed by atoms with E-state index in [4.69, 9.17) is 4.42 Å². The van der Waals surface area contributed by atoms with E-state index in [0.29, 0.717) is 23.7 Å². The van der Waals surface area contributed by atoms with E-state index in [9.17, 15) is 19.8 Å². The molecule has 0 bridgehead atoms. The molecule has 1 heterocycles. The lowest BCUT2D eigenvalue weighted by Crippen LogP contribution is -2.03. The predicted molar refractivity (Wildman–Crippen MR) is 69.8 cm³/mol. The summed E-state index contributed by atoms with van der Waals surface area (Å²) in [6.07, 6.45) is 2.77. The van der Waals surface area contributed by atoms with E-state index in [1.165, 1.54) is 6.07 Å². The van der Waals surface area contributed by atoms with Gasteiger partial charge < -0.3 is 14.6 Å². The SMILES string of the molecule is CCCCc1cc(=O)oc2c(C=O)c(O)cc(O)c12. The highest BCUT2D eigenvalue weighted by Crippen LogP contribution is 2.35. The van der Waals surface area contributed by atoms with Crippen molar-refractivity contribution in [2.45, 2.75) is 26.2 Å². The Labute approximate surface area is 109 Å². The molecule has 0 atom stereocenters. The van der Waals surface area contributed by atoms with Crippen LogP contribution in [-0.2, 0) is 6.42 Å². The van der Waals surface area contributed by atoms with Crippen molar-refractivity contribution >= 4 is 17.3 Å². The third-order valence-electron chi connectivity index (χ3n) is 3.01. The highest BCUT2D eigenvalue weighted by molar-refractivity contribution is 6.01. The van der Waals surface area contributed by atoms with Gasteiger partial charge in [-0.2, -0.15) is 0 Å². The highest BCUT2D eigenvalue weighted by Gasteiger charge is 2.17. The number of hydrogen-bond acceptors (Lipinski definition) is 5. The van der Waals surface area contributed by atoms with Gasteiger partial charge in [0.1, 0.15) is 11.5 Å². The van der Waals surface area contributed by atoms with Crippen LogP contribution in [0.15, 0.2) is 21.3 Å². The lowest BCUT2D eigenvalue weighted by atomic mass is 10.0. The summed E-state index contributed by atoms with van der Waals surface area (Å²) >= 11 is 0. The molecular weight excluding hydrogens is 248 g/mol. The molecule has 19 heavy (non-hydrogen) atoms. The molecule has 1 aromatic carbocycles. The minimum atomic E-state index is -0.605. The van der Waals surface area contributed by atoms with Gasteiger partial charge in [-0.3, -0.25) is 4.79 Å². The highest BCUT2D eigenvalue weighted by atomic mass is 16.4. The second-order valence-corrected chi connectivity index (χ2v) is 4.34. The zero-order chi connectivity index (χ0) is 14.0. The Morgan fingerprint density at radius 1 is 1.26 bits per heavy atom. The Balaban J connectivity index is 2.84. The van der Waals surface area contributed by atoms with Gasteiger partial charge in [-0.15, -0.1) is 0 Å². The standard InChI is InChI=1S/C14H14O5/c1-2-3-4-8-5-12(18)19-14-9(7-15)10(16)6-11(17)13(8)14/h5-7,16-17H,2-4H2,1H3. The third-order valence-corrected chi connectivity index (χ3v) is 3.01. The molecule has 1 aromatic heterocycles. The molecule has 0 fully saturated rings. The fourth-order valence-electron chi connectivity index (χ4n) is 2.09. The number of unbranched alkanes of at least 4 members (excludes halogenated alkanes) is 1. The van der Waals surface area contributed by atoms with Crippen molar-refractivity contribution in [1.82, 2.24) is 0 Å². The van der Waals surface area contributed by atoms with E-state index in [-0.39, 0.29) is 16.9 Å². The summed E-state index contributed by atoms with van der Waals surface area (Å²) in [4.78, 5) is 22.5. The molecule has 5 nitrogen and oxygen atoms in total. The van der Waals surface area contributed by atoms with Crippen LogP contribution < -0.4 is 5.63 Å². The molecule has 2 rings (SSSR count). The van der Waals surface area contributed by atoms with Gasteiger partial charge >= 0.3 is 5.63 Å². The van der Waals surface area contributed by atoms with E-state index in [2.05, 4.69) is 0 Å². The summed E-state index contributed by atoms with van der Waals surface area (Å²) in [6.45, 7) is 2.01. The zero-order valence-electron chi connectivity index (χ0n) is 10.5. The normalized spacial score (nSPS) is 10.8. The summed E-state index contributed by atoms with van der Waals surface area (Å²) in [7, 11) is 0. The minimum Gasteiger partial charge on any atom is -0.507 e. The smallest absolute Gasteiger partial charge is 0.336 e. The van der Waals surface area contributed by atoms with Crippen LogP contribution in [0.4, 0.5) is 0 Å². The summed E-state index contributed by atoms with van der Waals surface area (Å²) in [6, 6.07) is 2.39. The lowest BCUT2D eigenvalue weighted by Gasteiger charge is -2.09. The second kappa shape index (κ2) is 5.14. The number of benzene rings is 1. The first kappa shape index (κ1) is 13.1. The largest absolute Gasteiger partial charge is 0.507 e. The van der Waals surface area contributed by atoms with Gasteiger partial charge in [-0.25, -0.2) is 4.79 Å². The van der Waals surface area contributed by atoms with Crippen LogP contribution in [0, 0.1) is 0 Å². The van der Waals surface area contributed by atoms with Gasteiger partial charge in [-0.05, 0) is 18.4 Å². The van der Waals surface area contributed by atoms with Gasteiger partial charge in [0.2, 0.25) is 0 Å². The maximum atomic E-state index is 11.5. The number of aromatic hydroxyl groups is 2. The molecule has 0 radical (unpaired) electrons. The summed E-state index contributed by atoms with van der Waals surface area (Å²) in [5, 5.41) is 19.8. The number of aryl methyl sites for hydroxylation is 1. The average molecular weight is 262 g/mol. The monoisotopic (exact) mass is 262 g/mol. The van der Waals surface area contributed by atoms with Crippen LogP contribution >= 0.6 is 0 Å². The first-order chi connectivity index (χ1) is 9.08. The molecule has 0 spiro atoms. The number of rotatable bonds is 4. The van der Waals surface area contributed by atoms with Gasteiger partial charge in [0.15, 0.2) is 11.9 Å². The molecule has 0 saturated heterocycles. The van der Waals surface area contributed by atoms with Crippen molar-refractivity contribution in [3.63, 3.8) is 0 Å². The Hall–Kier alpha value is -2.30. The lowest BCUT2D eigenvalue weighted by molar-refractivity contribution is 0.112. The van der Waals surface area contributed by atoms with E-state index < -0.39 is 11.4 Å². The molecule has 0 aliphatic rings. The second-order valence-electron chi connectivity index (χ2n) is 4.34. The quantitative estimate of drug-likeness (QED) is 0.652. The van der Waals surface area contributed by atoms with Crippen molar-refractivity contribution in [3.8, 4) is 11.5 Å². The van der Waals surface area contributed by atoms with Crippen molar-refractivity contribution in [2.24, 2.45) is 0 Å². The van der Waals surface area contributed by atoms with Crippen LogP contribution in [0.3, 0.4) is 0 Å². The van der Waals surface area contributed by atoms with E-state index in [1.807, 2.05) is 6.92 Å². The number of carbonyl (C=O) groups excluding carboxylic acids is 1. The molecule has 100 valence electrons. The molecular formula is C14H14O5.